The number of rotatable bonds is 5. The van der Waals surface area contributed by atoms with Crippen LogP contribution in [0.2, 0.25) is 0 Å². The molecule has 1 aromatic carbocycles. The number of hydrogen-bond donors (Lipinski definition) is 0. The molecule has 8 nitrogen and oxygen atoms in total. The molecule has 3 heterocycles. The number of amides is 2. The molecule has 4 rings (SSSR count). The van der Waals surface area contributed by atoms with Gasteiger partial charge in [0.05, 0.1) is 18.1 Å². The van der Waals surface area contributed by atoms with Crippen molar-refractivity contribution in [2.75, 3.05) is 52.5 Å². The van der Waals surface area contributed by atoms with Crippen molar-refractivity contribution < 1.29 is 22.7 Å². The van der Waals surface area contributed by atoms with Crippen molar-refractivity contribution in [2.45, 2.75) is 37.5 Å². The van der Waals surface area contributed by atoms with Gasteiger partial charge >= 0.3 is 0 Å². The molecule has 2 amide bonds. The fourth-order valence-corrected chi connectivity index (χ4v) is 6.36. The molecule has 1 aromatic rings. The van der Waals surface area contributed by atoms with Gasteiger partial charge in [0.1, 0.15) is 0 Å². The molecule has 0 saturated carbocycles. The molecule has 0 radical (unpaired) electrons. The van der Waals surface area contributed by atoms with Gasteiger partial charge < -0.3 is 14.5 Å². The molecule has 3 saturated heterocycles. The number of carbonyl (C=O) groups excluding carboxylic acids is 2. The lowest BCUT2D eigenvalue weighted by molar-refractivity contribution is -0.140. The molecule has 9 heteroatoms. The third kappa shape index (κ3) is 5.87. The van der Waals surface area contributed by atoms with Crippen LogP contribution in [0.1, 0.15) is 38.2 Å². The Morgan fingerprint density at radius 3 is 2.26 bits per heavy atom. The van der Waals surface area contributed by atoms with Crippen LogP contribution in [0.3, 0.4) is 0 Å². The van der Waals surface area contributed by atoms with E-state index >= 15 is 0 Å². The van der Waals surface area contributed by atoms with Gasteiger partial charge in [-0.2, -0.15) is 4.31 Å². The summed E-state index contributed by atoms with van der Waals surface area (Å²) >= 11 is 0. The van der Waals surface area contributed by atoms with Gasteiger partial charge in [0, 0.05) is 51.3 Å². The number of ether oxygens (including phenoxy) is 1. The van der Waals surface area contributed by atoms with E-state index in [9.17, 15) is 18.0 Å². The van der Waals surface area contributed by atoms with Crippen LogP contribution in [0, 0.1) is 11.8 Å². The Labute approximate surface area is 202 Å². The van der Waals surface area contributed by atoms with E-state index in [0.29, 0.717) is 58.2 Å². The largest absolute Gasteiger partial charge is 0.379 e. The summed E-state index contributed by atoms with van der Waals surface area (Å²) in [6.07, 6.45) is 6.92. The van der Waals surface area contributed by atoms with E-state index in [1.54, 1.807) is 35.2 Å². The lowest BCUT2D eigenvalue weighted by Crippen LogP contribution is -2.46. The van der Waals surface area contributed by atoms with E-state index in [-0.39, 0.29) is 22.6 Å². The summed E-state index contributed by atoms with van der Waals surface area (Å²) in [5.74, 6) is 0.751. The molecule has 0 aromatic heterocycles. The van der Waals surface area contributed by atoms with Gasteiger partial charge in [-0.1, -0.05) is 19.1 Å². The highest BCUT2D eigenvalue weighted by Crippen LogP contribution is 2.24. The second kappa shape index (κ2) is 11.0. The molecule has 0 bridgehead atoms. The molecule has 1 atom stereocenters. The zero-order chi connectivity index (χ0) is 24.1. The number of piperidine rings is 2. The Kier molecular flexibility index (Phi) is 8.06. The fourth-order valence-electron chi connectivity index (χ4n) is 4.95. The number of benzene rings is 1. The number of sulfonamides is 1. The van der Waals surface area contributed by atoms with Crippen LogP contribution in [0.15, 0.2) is 35.2 Å². The van der Waals surface area contributed by atoms with Crippen LogP contribution < -0.4 is 0 Å². The van der Waals surface area contributed by atoms with Crippen LogP contribution in [0.5, 0.6) is 0 Å². The molecule has 34 heavy (non-hydrogen) atoms. The molecule has 0 unspecified atom stereocenters. The zero-order valence-electron chi connectivity index (χ0n) is 19.9. The number of likely N-dealkylation sites (tertiary alicyclic amines) is 2. The monoisotopic (exact) mass is 489 g/mol. The zero-order valence-corrected chi connectivity index (χ0v) is 20.7. The van der Waals surface area contributed by atoms with Gasteiger partial charge in [0.15, 0.2) is 0 Å². The van der Waals surface area contributed by atoms with Crippen molar-refractivity contribution in [1.82, 2.24) is 14.1 Å². The van der Waals surface area contributed by atoms with Gasteiger partial charge in [0.25, 0.3) is 0 Å². The van der Waals surface area contributed by atoms with Crippen molar-refractivity contribution in [3.05, 3.63) is 35.9 Å². The number of nitrogens with zero attached hydrogens (tertiary/aromatic N) is 3. The highest BCUT2D eigenvalue weighted by atomic mass is 32.2. The predicted octanol–water partition coefficient (Wildman–Crippen LogP) is 2.22. The summed E-state index contributed by atoms with van der Waals surface area (Å²) in [4.78, 5) is 29.5. The Morgan fingerprint density at radius 2 is 1.62 bits per heavy atom. The standard InChI is InChI=1S/C25H35N3O5S/c1-20-3-2-12-27(19-20)25(30)22-10-13-26(14-11-22)24(29)9-6-21-4-7-23(8-5-21)34(31,32)28-15-17-33-18-16-28/h4-9,20,22H,2-3,10-19H2,1H3/b9-6+/t20-/m1/s1. The van der Waals surface area contributed by atoms with Crippen LogP contribution in [0.4, 0.5) is 0 Å². The summed E-state index contributed by atoms with van der Waals surface area (Å²) in [6, 6.07) is 6.57. The minimum Gasteiger partial charge on any atom is -0.379 e. The average molecular weight is 490 g/mol. The van der Waals surface area contributed by atoms with Crippen molar-refractivity contribution >= 4 is 27.9 Å². The minimum absolute atomic E-state index is 0.0132. The molecule has 3 fully saturated rings. The highest BCUT2D eigenvalue weighted by molar-refractivity contribution is 7.89. The van der Waals surface area contributed by atoms with Gasteiger partial charge in [-0.05, 0) is 55.4 Å². The minimum atomic E-state index is -3.53. The van der Waals surface area contributed by atoms with Gasteiger partial charge in [-0.25, -0.2) is 8.42 Å². The Balaban J connectivity index is 1.28. The molecule has 0 N–H and O–H groups in total. The van der Waals surface area contributed by atoms with Crippen molar-refractivity contribution in [2.24, 2.45) is 11.8 Å². The molecular formula is C25H35N3O5S. The molecule has 0 spiro atoms. The predicted molar refractivity (Wildman–Crippen MR) is 129 cm³/mol. The quantitative estimate of drug-likeness (QED) is 0.592. The van der Waals surface area contributed by atoms with Crippen molar-refractivity contribution in [3.63, 3.8) is 0 Å². The van der Waals surface area contributed by atoms with Gasteiger partial charge in [-0.15, -0.1) is 0 Å². The molecule has 0 aliphatic carbocycles. The number of hydrogen-bond acceptors (Lipinski definition) is 5. The van der Waals surface area contributed by atoms with Crippen LogP contribution in [-0.2, 0) is 24.3 Å². The second-order valence-corrected chi connectivity index (χ2v) is 11.5. The number of carbonyl (C=O) groups is 2. The highest BCUT2D eigenvalue weighted by Gasteiger charge is 2.31. The topological polar surface area (TPSA) is 87.2 Å². The third-order valence-corrected chi connectivity index (χ3v) is 8.94. The van der Waals surface area contributed by atoms with E-state index in [4.69, 9.17) is 4.74 Å². The van der Waals surface area contributed by atoms with E-state index in [2.05, 4.69) is 6.92 Å². The van der Waals surface area contributed by atoms with Crippen molar-refractivity contribution in [3.8, 4) is 0 Å². The maximum absolute atomic E-state index is 12.8. The Bertz CT molecular complexity index is 994. The summed E-state index contributed by atoms with van der Waals surface area (Å²) in [7, 11) is -3.53. The number of morpholine rings is 1. The first-order chi connectivity index (χ1) is 16.3. The first-order valence-corrected chi connectivity index (χ1v) is 13.7. The van der Waals surface area contributed by atoms with E-state index in [1.165, 1.54) is 16.8 Å². The first-order valence-electron chi connectivity index (χ1n) is 12.3. The maximum Gasteiger partial charge on any atom is 0.246 e. The third-order valence-electron chi connectivity index (χ3n) is 7.03. The van der Waals surface area contributed by atoms with Gasteiger partial charge in [0.2, 0.25) is 21.8 Å². The summed E-state index contributed by atoms with van der Waals surface area (Å²) in [5, 5.41) is 0. The lowest BCUT2D eigenvalue weighted by atomic mass is 9.92. The van der Waals surface area contributed by atoms with Crippen LogP contribution >= 0.6 is 0 Å². The van der Waals surface area contributed by atoms with Crippen LogP contribution in [-0.4, -0.2) is 86.8 Å². The fraction of sp³-hybridized carbons (Fsp3) is 0.600. The van der Waals surface area contributed by atoms with Gasteiger partial charge in [-0.3, -0.25) is 9.59 Å². The first kappa shape index (κ1) is 24.9. The smallest absolute Gasteiger partial charge is 0.246 e. The molecule has 3 aliphatic rings. The summed E-state index contributed by atoms with van der Waals surface area (Å²) in [6.45, 7) is 6.61. The van der Waals surface area contributed by atoms with Crippen molar-refractivity contribution in [1.29, 1.82) is 0 Å². The molecule has 3 aliphatic heterocycles. The summed E-state index contributed by atoms with van der Waals surface area (Å²) in [5.41, 5.74) is 0.763. The SMILES string of the molecule is C[C@@H]1CCCN(C(=O)C2CCN(C(=O)/C=C/c3ccc(S(=O)(=O)N4CCOCC4)cc3)CC2)C1. The average Bonchev–Trinajstić information content (AvgIpc) is 2.87. The lowest BCUT2D eigenvalue weighted by Gasteiger charge is -2.37. The van der Waals surface area contributed by atoms with Crippen LogP contribution in [0.25, 0.3) is 6.08 Å². The van der Waals surface area contributed by atoms with E-state index < -0.39 is 10.0 Å². The van der Waals surface area contributed by atoms with E-state index in [1.807, 2.05) is 4.90 Å². The maximum atomic E-state index is 12.8. The second-order valence-electron chi connectivity index (χ2n) is 9.55. The van der Waals surface area contributed by atoms with E-state index in [0.717, 1.165) is 25.1 Å². The Morgan fingerprint density at radius 1 is 0.941 bits per heavy atom. The summed E-state index contributed by atoms with van der Waals surface area (Å²) < 4.78 is 32.1. The Hall–Kier alpha value is -2.23. The molecule has 186 valence electrons. The molecular weight excluding hydrogens is 454 g/mol. The normalized spacial score (nSPS) is 23.4.